The van der Waals surface area contributed by atoms with E-state index in [4.69, 9.17) is 16.3 Å². The normalized spacial score (nSPS) is 11.7. The lowest BCUT2D eigenvalue weighted by Gasteiger charge is -2.11. The number of aryl methyl sites for hydroxylation is 2. The zero-order valence-corrected chi connectivity index (χ0v) is 15.1. The van der Waals surface area contributed by atoms with E-state index in [1.807, 2.05) is 13.8 Å². The number of sulfone groups is 1. The number of rotatable bonds is 3. The van der Waals surface area contributed by atoms with E-state index < -0.39 is 9.84 Å². The summed E-state index contributed by atoms with van der Waals surface area (Å²) in [6.07, 6.45) is 1.31. The van der Waals surface area contributed by atoms with Crippen LogP contribution in [0, 0.1) is 13.8 Å². The summed E-state index contributed by atoms with van der Waals surface area (Å²) < 4.78 is 31.1. The van der Waals surface area contributed by atoms with Crippen LogP contribution in [0.1, 0.15) is 11.1 Å². The zero-order chi connectivity index (χ0) is 17.5. The van der Waals surface area contributed by atoms with Crippen molar-refractivity contribution in [3.63, 3.8) is 0 Å². The Balaban J connectivity index is 2.24. The molecule has 4 nitrogen and oxygen atoms in total. The highest BCUT2D eigenvalue weighted by atomic mass is 35.5. The SMILES string of the molecule is COc1ccc2ncc(S(=O)(=O)c3ccc(C)c(C)c3)c(Cl)c2c1. The van der Waals surface area contributed by atoms with Gasteiger partial charge in [-0.2, -0.15) is 0 Å². The highest BCUT2D eigenvalue weighted by Gasteiger charge is 2.23. The second kappa shape index (κ2) is 6.07. The largest absolute Gasteiger partial charge is 0.497 e. The van der Waals surface area contributed by atoms with Gasteiger partial charge in [-0.3, -0.25) is 4.98 Å². The quantitative estimate of drug-likeness (QED) is 0.696. The van der Waals surface area contributed by atoms with Crippen LogP contribution in [0.15, 0.2) is 52.4 Å². The summed E-state index contributed by atoms with van der Waals surface area (Å²) in [7, 11) is -2.22. The third-order valence-corrected chi connectivity index (χ3v) is 6.34. The number of benzene rings is 2. The molecule has 2 aromatic carbocycles. The molecule has 0 amide bonds. The van der Waals surface area contributed by atoms with Gasteiger partial charge in [0.1, 0.15) is 10.6 Å². The van der Waals surface area contributed by atoms with Crippen LogP contribution < -0.4 is 4.74 Å². The van der Waals surface area contributed by atoms with Crippen molar-refractivity contribution >= 4 is 32.3 Å². The Morgan fingerprint density at radius 2 is 1.79 bits per heavy atom. The predicted molar refractivity (Wildman–Crippen MR) is 94.7 cm³/mol. The second-order valence-corrected chi connectivity index (χ2v) is 7.87. The molecule has 1 aromatic heterocycles. The van der Waals surface area contributed by atoms with E-state index in [9.17, 15) is 8.42 Å². The highest BCUT2D eigenvalue weighted by Crippen LogP contribution is 2.34. The van der Waals surface area contributed by atoms with E-state index >= 15 is 0 Å². The predicted octanol–water partition coefficient (Wildman–Crippen LogP) is 4.35. The number of methoxy groups -OCH3 is 1. The highest BCUT2D eigenvalue weighted by molar-refractivity contribution is 7.91. The third-order valence-electron chi connectivity index (χ3n) is 4.06. The molecular weight excluding hydrogens is 346 g/mol. The first-order valence-corrected chi connectivity index (χ1v) is 9.15. The van der Waals surface area contributed by atoms with E-state index in [-0.39, 0.29) is 14.8 Å². The van der Waals surface area contributed by atoms with Crippen molar-refractivity contribution in [1.82, 2.24) is 4.98 Å². The fourth-order valence-electron chi connectivity index (χ4n) is 2.44. The summed E-state index contributed by atoms with van der Waals surface area (Å²) in [5, 5.41) is 0.693. The van der Waals surface area contributed by atoms with Gasteiger partial charge in [-0.1, -0.05) is 17.7 Å². The van der Waals surface area contributed by atoms with E-state index in [1.165, 1.54) is 13.3 Å². The lowest BCUT2D eigenvalue weighted by Crippen LogP contribution is -2.05. The van der Waals surface area contributed by atoms with Crippen molar-refractivity contribution in [2.24, 2.45) is 0 Å². The Hall–Kier alpha value is -2.11. The minimum Gasteiger partial charge on any atom is -0.497 e. The number of nitrogens with zero attached hydrogens (tertiary/aromatic N) is 1. The number of fused-ring (bicyclic) bond motifs is 1. The van der Waals surface area contributed by atoms with Crippen molar-refractivity contribution in [3.8, 4) is 5.75 Å². The van der Waals surface area contributed by atoms with Gasteiger partial charge in [0.05, 0.1) is 22.5 Å². The summed E-state index contributed by atoms with van der Waals surface area (Å²) in [5.74, 6) is 0.590. The van der Waals surface area contributed by atoms with E-state index in [1.54, 1.807) is 36.4 Å². The fraction of sp³-hybridized carbons (Fsp3) is 0.167. The van der Waals surface area contributed by atoms with Crippen molar-refractivity contribution in [2.45, 2.75) is 23.6 Å². The second-order valence-electron chi connectivity index (χ2n) is 5.57. The maximum absolute atomic E-state index is 13.0. The molecule has 0 radical (unpaired) electrons. The van der Waals surface area contributed by atoms with Gasteiger partial charge in [-0.05, 0) is 55.3 Å². The van der Waals surface area contributed by atoms with Crippen LogP contribution in [0.3, 0.4) is 0 Å². The zero-order valence-electron chi connectivity index (χ0n) is 13.5. The van der Waals surface area contributed by atoms with Crippen molar-refractivity contribution in [3.05, 3.63) is 58.7 Å². The van der Waals surface area contributed by atoms with Gasteiger partial charge in [0.15, 0.2) is 0 Å². The number of aromatic nitrogens is 1. The monoisotopic (exact) mass is 361 g/mol. The van der Waals surface area contributed by atoms with Gasteiger partial charge in [-0.25, -0.2) is 8.42 Å². The Labute approximate surface area is 146 Å². The van der Waals surface area contributed by atoms with Crippen LogP contribution in [0.2, 0.25) is 5.02 Å². The molecule has 0 bridgehead atoms. The average molecular weight is 362 g/mol. The Bertz CT molecular complexity index is 1050. The molecule has 3 rings (SSSR count). The Morgan fingerprint density at radius 3 is 2.46 bits per heavy atom. The molecule has 0 saturated carbocycles. The topological polar surface area (TPSA) is 56.3 Å². The first-order chi connectivity index (χ1) is 11.3. The summed E-state index contributed by atoms with van der Waals surface area (Å²) in [6.45, 7) is 3.81. The van der Waals surface area contributed by atoms with Gasteiger partial charge in [0.25, 0.3) is 0 Å². The maximum Gasteiger partial charge on any atom is 0.209 e. The van der Waals surface area contributed by atoms with Gasteiger partial charge in [0, 0.05) is 11.6 Å². The molecule has 0 unspecified atom stereocenters. The molecule has 124 valence electrons. The maximum atomic E-state index is 13.0. The number of halogens is 1. The smallest absolute Gasteiger partial charge is 0.209 e. The van der Waals surface area contributed by atoms with Crippen LogP contribution in [0.5, 0.6) is 5.75 Å². The molecule has 0 N–H and O–H groups in total. The summed E-state index contributed by atoms with van der Waals surface area (Å²) in [5.41, 5.74) is 2.55. The molecule has 24 heavy (non-hydrogen) atoms. The molecule has 6 heteroatoms. The van der Waals surface area contributed by atoms with Crippen LogP contribution >= 0.6 is 11.6 Å². The summed E-state index contributed by atoms with van der Waals surface area (Å²) in [6, 6.07) is 10.2. The molecule has 0 saturated heterocycles. The first kappa shape index (κ1) is 16.7. The van der Waals surface area contributed by atoms with Crippen LogP contribution in [-0.2, 0) is 9.84 Å². The van der Waals surface area contributed by atoms with Gasteiger partial charge < -0.3 is 4.74 Å². The van der Waals surface area contributed by atoms with Crippen molar-refractivity contribution < 1.29 is 13.2 Å². The van der Waals surface area contributed by atoms with Crippen LogP contribution in [0.25, 0.3) is 10.9 Å². The number of pyridine rings is 1. The van der Waals surface area contributed by atoms with E-state index in [0.717, 1.165) is 11.1 Å². The lowest BCUT2D eigenvalue weighted by molar-refractivity contribution is 0.415. The molecule has 1 heterocycles. The third kappa shape index (κ3) is 2.74. The van der Waals surface area contributed by atoms with E-state index in [0.29, 0.717) is 16.7 Å². The molecule has 3 aromatic rings. The molecule has 0 fully saturated rings. The number of hydrogen-bond donors (Lipinski definition) is 0. The number of hydrogen-bond acceptors (Lipinski definition) is 4. The van der Waals surface area contributed by atoms with Crippen LogP contribution in [0.4, 0.5) is 0 Å². The van der Waals surface area contributed by atoms with Gasteiger partial charge in [-0.15, -0.1) is 0 Å². The lowest BCUT2D eigenvalue weighted by atomic mass is 10.1. The molecular formula is C18H16ClNO3S. The molecule has 0 aliphatic heterocycles. The number of ether oxygens (including phenoxy) is 1. The standard InChI is InChI=1S/C18H16ClNO3S/c1-11-4-6-14(8-12(11)2)24(21,22)17-10-20-16-7-5-13(23-3)9-15(16)18(17)19/h4-10H,1-3H3. The summed E-state index contributed by atoms with van der Waals surface area (Å²) >= 11 is 6.40. The molecule has 0 aliphatic carbocycles. The summed E-state index contributed by atoms with van der Waals surface area (Å²) in [4.78, 5) is 4.43. The average Bonchev–Trinajstić information content (AvgIpc) is 2.57. The van der Waals surface area contributed by atoms with Gasteiger partial charge in [0.2, 0.25) is 9.84 Å². The van der Waals surface area contributed by atoms with E-state index in [2.05, 4.69) is 4.98 Å². The van der Waals surface area contributed by atoms with Gasteiger partial charge >= 0.3 is 0 Å². The van der Waals surface area contributed by atoms with Crippen molar-refractivity contribution in [2.75, 3.05) is 7.11 Å². The molecule has 0 atom stereocenters. The Kier molecular flexibility index (Phi) is 4.24. The first-order valence-electron chi connectivity index (χ1n) is 7.29. The fourth-order valence-corrected chi connectivity index (χ4v) is 4.32. The molecule has 0 aliphatic rings. The minimum absolute atomic E-state index is 0.00632. The Morgan fingerprint density at radius 1 is 1.04 bits per heavy atom. The van der Waals surface area contributed by atoms with Crippen molar-refractivity contribution in [1.29, 1.82) is 0 Å². The molecule has 0 spiro atoms. The minimum atomic E-state index is -3.76. The van der Waals surface area contributed by atoms with Crippen LogP contribution in [-0.4, -0.2) is 20.5 Å².